The Labute approximate surface area is 154 Å². The lowest BCUT2D eigenvalue weighted by Crippen LogP contribution is -2.34. The van der Waals surface area contributed by atoms with Gasteiger partial charge in [0.1, 0.15) is 5.41 Å². The standard InChI is InChI=1S/C24H22O2/c1-18-12-14-19(15-13-18)16-17-20-8-6-7-11-22(20)24(2,23(25)26)21-9-4-3-5-10-21/h3-17H,1-2H3,(H,25,26)/b17-16+/t24-/m1/s1. The molecule has 0 aliphatic heterocycles. The molecule has 0 aliphatic carbocycles. The van der Waals surface area contributed by atoms with Crippen LogP contribution >= 0.6 is 0 Å². The first-order valence-corrected chi connectivity index (χ1v) is 8.65. The van der Waals surface area contributed by atoms with Crippen LogP contribution in [0.3, 0.4) is 0 Å². The van der Waals surface area contributed by atoms with E-state index in [9.17, 15) is 9.90 Å². The minimum Gasteiger partial charge on any atom is -0.480 e. The highest BCUT2D eigenvalue weighted by Crippen LogP contribution is 2.35. The number of carboxylic acids is 1. The number of hydrogen-bond donors (Lipinski definition) is 1. The van der Waals surface area contributed by atoms with Crippen molar-refractivity contribution in [2.75, 3.05) is 0 Å². The average molecular weight is 342 g/mol. The first kappa shape index (κ1) is 17.7. The quantitative estimate of drug-likeness (QED) is 0.617. The molecular formula is C24H22O2. The van der Waals surface area contributed by atoms with Crippen molar-refractivity contribution < 1.29 is 9.90 Å². The zero-order valence-electron chi connectivity index (χ0n) is 15.0. The molecule has 0 fully saturated rings. The molecule has 0 aromatic heterocycles. The Balaban J connectivity index is 2.07. The number of carboxylic acid groups (broad SMARTS) is 1. The van der Waals surface area contributed by atoms with Gasteiger partial charge < -0.3 is 5.11 Å². The molecule has 0 spiro atoms. The maximum absolute atomic E-state index is 12.3. The maximum atomic E-state index is 12.3. The van der Waals surface area contributed by atoms with Crippen molar-refractivity contribution in [3.63, 3.8) is 0 Å². The van der Waals surface area contributed by atoms with Crippen molar-refractivity contribution in [1.29, 1.82) is 0 Å². The van der Waals surface area contributed by atoms with E-state index in [1.165, 1.54) is 5.56 Å². The van der Waals surface area contributed by atoms with Gasteiger partial charge in [0.25, 0.3) is 0 Å². The number of aliphatic carboxylic acids is 1. The summed E-state index contributed by atoms with van der Waals surface area (Å²) < 4.78 is 0. The minimum atomic E-state index is -1.12. The molecule has 3 rings (SSSR count). The summed E-state index contributed by atoms with van der Waals surface area (Å²) in [4.78, 5) is 12.3. The zero-order valence-corrected chi connectivity index (χ0v) is 15.0. The van der Waals surface area contributed by atoms with Crippen LogP contribution in [0.15, 0.2) is 78.9 Å². The summed E-state index contributed by atoms with van der Waals surface area (Å²) in [5.41, 5.74) is 3.63. The van der Waals surface area contributed by atoms with Crippen LogP contribution in [0.1, 0.15) is 34.7 Å². The molecule has 2 heteroatoms. The summed E-state index contributed by atoms with van der Waals surface area (Å²) in [6, 6.07) is 25.3. The molecule has 1 N–H and O–H groups in total. The lowest BCUT2D eigenvalue weighted by molar-refractivity contribution is -0.141. The Morgan fingerprint density at radius 1 is 0.846 bits per heavy atom. The third-order valence-electron chi connectivity index (χ3n) is 4.81. The summed E-state index contributed by atoms with van der Waals surface area (Å²) in [7, 11) is 0. The molecular weight excluding hydrogens is 320 g/mol. The van der Waals surface area contributed by atoms with E-state index in [0.717, 1.165) is 22.3 Å². The van der Waals surface area contributed by atoms with E-state index in [1.54, 1.807) is 6.92 Å². The van der Waals surface area contributed by atoms with E-state index in [4.69, 9.17) is 0 Å². The number of benzene rings is 3. The fourth-order valence-electron chi connectivity index (χ4n) is 3.13. The van der Waals surface area contributed by atoms with Crippen LogP contribution in [-0.2, 0) is 10.2 Å². The summed E-state index contributed by atoms with van der Waals surface area (Å²) in [5.74, 6) is -0.861. The molecule has 3 aromatic rings. The second-order valence-electron chi connectivity index (χ2n) is 6.63. The van der Waals surface area contributed by atoms with Crippen LogP contribution in [0.25, 0.3) is 12.2 Å². The first-order valence-electron chi connectivity index (χ1n) is 8.65. The molecule has 2 nitrogen and oxygen atoms in total. The Hall–Kier alpha value is -3.13. The summed E-state index contributed by atoms with van der Waals surface area (Å²) in [5, 5.41) is 10.1. The highest BCUT2D eigenvalue weighted by Gasteiger charge is 2.38. The van der Waals surface area contributed by atoms with Crippen molar-refractivity contribution in [2.45, 2.75) is 19.3 Å². The van der Waals surface area contributed by atoms with Gasteiger partial charge in [-0.05, 0) is 36.1 Å². The van der Waals surface area contributed by atoms with Crippen LogP contribution in [0.2, 0.25) is 0 Å². The molecule has 0 unspecified atom stereocenters. The molecule has 1 atom stereocenters. The second kappa shape index (κ2) is 7.40. The Morgan fingerprint density at radius 3 is 2.12 bits per heavy atom. The fraction of sp³-hybridized carbons (Fsp3) is 0.125. The Bertz CT molecular complexity index is 924. The molecule has 0 saturated carbocycles. The molecule has 26 heavy (non-hydrogen) atoms. The SMILES string of the molecule is Cc1ccc(/C=C/c2ccccc2[C@](C)(C(=O)O)c2ccccc2)cc1. The van der Waals surface area contributed by atoms with Gasteiger partial charge >= 0.3 is 5.97 Å². The van der Waals surface area contributed by atoms with Crippen molar-refractivity contribution in [3.8, 4) is 0 Å². The van der Waals surface area contributed by atoms with Gasteiger partial charge in [0, 0.05) is 0 Å². The monoisotopic (exact) mass is 342 g/mol. The van der Waals surface area contributed by atoms with Gasteiger partial charge in [0.15, 0.2) is 0 Å². The van der Waals surface area contributed by atoms with Gasteiger partial charge in [-0.1, -0.05) is 96.6 Å². The van der Waals surface area contributed by atoms with Crippen molar-refractivity contribution in [3.05, 3.63) is 107 Å². The van der Waals surface area contributed by atoms with Gasteiger partial charge in [0.2, 0.25) is 0 Å². The van der Waals surface area contributed by atoms with Gasteiger partial charge in [-0.3, -0.25) is 4.79 Å². The van der Waals surface area contributed by atoms with E-state index in [0.29, 0.717) is 0 Å². The van der Waals surface area contributed by atoms with Crippen LogP contribution < -0.4 is 0 Å². The van der Waals surface area contributed by atoms with Gasteiger partial charge in [0.05, 0.1) is 0 Å². The number of hydrogen-bond acceptors (Lipinski definition) is 1. The van der Waals surface area contributed by atoms with Crippen molar-refractivity contribution in [1.82, 2.24) is 0 Å². The van der Waals surface area contributed by atoms with E-state index in [1.807, 2.05) is 66.7 Å². The van der Waals surface area contributed by atoms with Crippen LogP contribution in [-0.4, -0.2) is 11.1 Å². The molecule has 0 aliphatic rings. The lowest BCUT2D eigenvalue weighted by atomic mass is 9.74. The smallest absolute Gasteiger partial charge is 0.318 e. The first-order chi connectivity index (χ1) is 12.5. The normalized spacial score (nSPS) is 13.5. The molecule has 0 bridgehead atoms. The zero-order chi connectivity index (χ0) is 18.6. The summed E-state index contributed by atoms with van der Waals surface area (Å²) >= 11 is 0. The predicted octanol–water partition coefficient (Wildman–Crippen LogP) is 5.56. The van der Waals surface area contributed by atoms with Crippen molar-refractivity contribution >= 4 is 18.1 Å². The van der Waals surface area contributed by atoms with E-state index >= 15 is 0 Å². The van der Waals surface area contributed by atoms with Gasteiger partial charge in [-0.15, -0.1) is 0 Å². The number of carbonyl (C=O) groups is 1. The fourth-order valence-corrected chi connectivity index (χ4v) is 3.13. The maximum Gasteiger partial charge on any atom is 0.318 e. The predicted molar refractivity (Wildman–Crippen MR) is 107 cm³/mol. The summed E-state index contributed by atoms with van der Waals surface area (Å²) in [6.45, 7) is 3.82. The average Bonchev–Trinajstić information content (AvgIpc) is 2.67. The van der Waals surface area contributed by atoms with E-state index in [2.05, 4.69) is 31.2 Å². The Kier molecular flexibility index (Phi) is 5.04. The van der Waals surface area contributed by atoms with E-state index in [-0.39, 0.29) is 0 Å². The molecule has 0 radical (unpaired) electrons. The molecule has 0 heterocycles. The lowest BCUT2D eigenvalue weighted by Gasteiger charge is -2.27. The van der Waals surface area contributed by atoms with Gasteiger partial charge in [-0.2, -0.15) is 0 Å². The largest absolute Gasteiger partial charge is 0.480 e. The Morgan fingerprint density at radius 2 is 1.46 bits per heavy atom. The highest BCUT2D eigenvalue weighted by molar-refractivity contribution is 5.88. The highest BCUT2D eigenvalue weighted by atomic mass is 16.4. The molecule has 0 amide bonds. The van der Waals surface area contributed by atoms with Crippen LogP contribution in [0, 0.1) is 6.92 Å². The van der Waals surface area contributed by atoms with E-state index < -0.39 is 11.4 Å². The van der Waals surface area contributed by atoms with Crippen molar-refractivity contribution in [2.24, 2.45) is 0 Å². The summed E-state index contributed by atoms with van der Waals surface area (Å²) in [6.07, 6.45) is 4.01. The third-order valence-corrected chi connectivity index (χ3v) is 4.81. The third kappa shape index (κ3) is 3.45. The number of rotatable bonds is 5. The minimum absolute atomic E-state index is 0.767. The second-order valence-corrected chi connectivity index (χ2v) is 6.63. The van der Waals surface area contributed by atoms with Crippen LogP contribution in [0.5, 0.6) is 0 Å². The van der Waals surface area contributed by atoms with Gasteiger partial charge in [-0.25, -0.2) is 0 Å². The topological polar surface area (TPSA) is 37.3 Å². The molecule has 130 valence electrons. The molecule has 0 saturated heterocycles. The van der Waals surface area contributed by atoms with Crippen LogP contribution in [0.4, 0.5) is 0 Å². The molecule has 3 aromatic carbocycles. The number of aryl methyl sites for hydroxylation is 1.